The van der Waals surface area contributed by atoms with E-state index in [0.29, 0.717) is 28.1 Å². The van der Waals surface area contributed by atoms with Crippen molar-refractivity contribution in [1.82, 2.24) is 5.43 Å². The molecule has 7 heteroatoms. The van der Waals surface area contributed by atoms with E-state index in [1.807, 2.05) is 39.0 Å². The van der Waals surface area contributed by atoms with Crippen molar-refractivity contribution in [2.45, 2.75) is 20.8 Å². The molecule has 0 spiro atoms. The normalized spacial score (nSPS) is 10.8. The monoisotopic (exact) mass is 420 g/mol. The highest BCUT2D eigenvalue weighted by atomic mass is 79.9. The van der Waals surface area contributed by atoms with Gasteiger partial charge in [0, 0.05) is 0 Å². The number of benzene rings is 2. The molecule has 0 aliphatic heterocycles. The minimum atomic E-state index is -0.370. The predicted octanol–water partition coefficient (Wildman–Crippen LogP) is 3.70. The molecule has 0 saturated heterocycles. The number of nitrogens with zero attached hydrogens (tertiary/aromatic N) is 1. The fourth-order valence-corrected chi connectivity index (χ4v) is 2.63. The smallest absolute Gasteiger partial charge is 0.277 e. The molecule has 0 aromatic heterocycles. The van der Waals surface area contributed by atoms with Crippen molar-refractivity contribution in [3.63, 3.8) is 0 Å². The fourth-order valence-electron chi connectivity index (χ4n) is 2.17. The van der Waals surface area contributed by atoms with Crippen LogP contribution < -0.4 is 14.9 Å². The minimum Gasteiger partial charge on any atom is -0.503 e. The second-order valence-electron chi connectivity index (χ2n) is 5.56. The third kappa shape index (κ3) is 5.23. The number of aryl methyl sites for hydroxylation is 1. The maximum atomic E-state index is 11.9. The average Bonchev–Trinajstić information content (AvgIpc) is 2.60. The SMILES string of the molecule is CCOc1cc(C=NNC(=O)COc2cccc(C)c2C)cc(Br)c1O. The summed E-state index contributed by atoms with van der Waals surface area (Å²) in [5.74, 6) is 0.667. The first-order chi connectivity index (χ1) is 12.4. The number of rotatable bonds is 7. The highest BCUT2D eigenvalue weighted by Crippen LogP contribution is 2.35. The van der Waals surface area contributed by atoms with Gasteiger partial charge in [-0.15, -0.1) is 0 Å². The second-order valence-corrected chi connectivity index (χ2v) is 6.42. The van der Waals surface area contributed by atoms with Crippen molar-refractivity contribution in [2.75, 3.05) is 13.2 Å². The van der Waals surface area contributed by atoms with E-state index in [9.17, 15) is 9.90 Å². The Morgan fingerprint density at radius 1 is 1.27 bits per heavy atom. The van der Waals surface area contributed by atoms with Crippen LogP contribution in [0.2, 0.25) is 0 Å². The Balaban J connectivity index is 1.93. The highest BCUT2D eigenvalue weighted by Gasteiger charge is 2.09. The van der Waals surface area contributed by atoms with Crippen LogP contribution in [0.5, 0.6) is 17.2 Å². The van der Waals surface area contributed by atoms with Gasteiger partial charge < -0.3 is 14.6 Å². The Hall–Kier alpha value is -2.54. The Morgan fingerprint density at radius 2 is 2.04 bits per heavy atom. The van der Waals surface area contributed by atoms with E-state index in [1.165, 1.54) is 6.21 Å². The van der Waals surface area contributed by atoms with Gasteiger partial charge in [0.15, 0.2) is 18.1 Å². The zero-order valence-corrected chi connectivity index (χ0v) is 16.5. The number of nitrogens with one attached hydrogen (secondary N) is 1. The Labute approximate surface area is 161 Å². The zero-order valence-electron chi connectivity index (χ0n) is 14.9. The maximum Gasteiger partial charge on any atom is 0.277 e. The topological polar surface area (TPSA) is 80.2 Å². The molecule has 1 amide bonds. The van der Waals surface area contributed by atoms with Gasteiger partial charge in [-0.25, -0.2) is 5.43 Å². The lowest BCUT2D eigenvalue weighted by molar-refractivity contribution is -0.123. The molecule has 2 N–H and O–H groups in total. The Kier molecular flexibility index (Phi) is 7.03. The number of ether oxygens (including phenoxy) is 2. The first kappa shape index (κ1) is 19.8. The van der Waals surface area contributed by atoms with Gasteiger partial charge in [0.2, 0.25) is 0 Å². The molecule has 138 valence electrons. The average molecular weight is 421 g/mol. The quantitative estimate of drug-likeness (QED) is 0.528. The summed E-state index contributed by atoms with van der Waals surface area (Å²) in [4.78, 5) is 11.9. The summed E-state index contributed by atoms with van der Waals surface area (Å²) >= 11 is 3.25. The van der Waals surface area contributed by atoms with Crippen molar-refractivity contribution in [2.24, 2.45) is 5.10 Å². The lowest BCUT2D eigenvalue weighted by Crippen LogP contribution is -2.24. The number of amides is 1. The highest BCUT2D eigenvalue weighted by molar-refractivity contribution is 9.10. The van der Waals surface area contributed by atoms with Gasteiger partial charge in [0.1, 0.15) is 5.75 Å². The molecule has 0 aliphatic carbocycles. The van der Waals surface area contributed by atoms with Gasteiger partial charge in [-0.05, 0) is 71.6 Å². The molecule has 0 heterocycles. The van der Waals surface area contributed by atoms with Crippen molar-refractivity contribution in [1.29, 1.82) is 0 Å². The largest absolute Gasteiger partial charge is 0.503 e. The van der Waals surface area contributed by atoms with Crippen LogP contribution in [0, 0.1) is 13.8 Å². The van der Waals surface area contributed by atoms with Crippen LogP contribution in [0.3, 0.4) is 0 Å². The summed E-state index contributed by atoms with van der Waals surface area (Å²) < 4.78 is 11.3. The molecule has 26 heavy (non-hydrogen) atoms. The third-order valence-corrected chi connectivity index (χ3v) is 4.27. The lowest BCUT2D eigenvalue weighted by atomic mass is 10.1. The van der Waals surface area contributed by atoms with E-state index in [4.69, 9.17) is 9.47 Å². The van der Waals surface area contributed by atoms with E-state index in [0.717, 1.165) is 11.1 Å². The van der Waals surface area contributed by atoms with Gasteiger partial charge in [0.05, 0.1) is 17.3 Å². The summed E-state index contributed by atoms with van der Waals surface area (Å²) in [6.07, 6.45) is 1.46. The lowest BCUT2D eigenvalue weighted by Gasteiger charge is -2.10. The van der Waals surface area contributed by atoms with Crippen LogP contribution in [0.4, 0.5) is 0 Å². The molecule has 6 nitrogen and oxygen atoms in total. The number of phenols is 1. The molecule has 0 radical (unpaired) electrons. The summed E-state index contributed by atoms with van der Waals surface area (Å²) in [6.45, 7) is 6.04. The molecular formula is C19H21BrN2O4. The van der Waals surface area contributed by atoms with Crippen molar-refractivity contribution in [3.05, 3.63) is 51.5 Å². The standard InChI is InChI=1S/C19H21BrN2O4/c1-4-25-17-9-14(8-15(20)19(17)24)10-21-22-18(23)11-26-16-7-5-6-12(2)13(16)3/h5-10,24H,4,11H2,1-3H3,(H,22,23). The summed E-state index contributed by atoms with van der Waals surface area (Å²) in [7, 11) is 0. The molecule has 0 atom stereocenters. The minimum absolute atomic E-state index is 0.0231. The molecule has 0 bridgehead atoms. The third-order valence-electron chi connectivity index (χ3n) is 3.67. The van der Waals surface area contributed by atoms with Gasteiger partial charge in [-0.3, -0.25) is 4.79 Å². The summed E-state index contributed by atoms with van der Waals surface area (Å²) in [6, 6.07) is 8.99. The van der Waals surface area contributed by atoms with E-state index < -0.39 is 0 Å². The number of phenolic OH excluding ortho intramolecular Hbond substituents is 1. The van der Waals surface area contributed by atoms with Crippen LogP contribution in [-0.2, 0) is 4.79 Å². The van der Waals surface area contributed by atoms with Gasteiger partial charge >= 0.3 is 0 Å². The molecule has 2 rings (SSSR count). The maximum absolute atomic E-state index is 11.9. The summed E-state index contributed by atoms with van der Waals surface area (Å²) in [5, 5.41) is 13.8. The van der Waals surface area contributed by atoms with Crippen LogP contribution in [0.1, 0.15) is 23.6 Å². The number of carbonyl (C=O) groups is 1. The van der Waals surface area contributed by atoms with Crippen LogP contribution in [0.25, 0.3) is 0 Å². The molecule has 0 unspecified atom stereocenters. The van der Waals surface area contributed by atoms with E-state index >= 15 is 0 Å². The predicted molar refractivity (Wildman–Crippen MR) is 104 cm³/mol. The number of hydrazone groups is 1. The first-order valence-electron chi connectivity index (χ1n) is 8.08. The van der Waals surface area contributed by atoms with Gasteiger partial charge in [0.25, 0.3) is 5.91 Å². The Morgan fingerprint density at radius 3 is 2.77 bits per heavy atom. The molecule has 2 aromatic carbocycles. The first-order valence-corrected chi connectivity index (χ1v) is 8.88. The van der Waals surface area contributed by atoms with Crippen LogP contribution in [-0.4, -0.2) is 30.4 Å². The van der Waals surface area contributed by atoms with E-state index in [1.54, 1.807) is 12.1 Å². The van der Waals surface area contributed by atoms with Crippen molar-refractivity contribution in [3.8, 4) is 17.2 Å². The van der Waals surface area contributed by atoms with Gasteiger partial charge in [-0.1, -0.05) is 12.1 Å². The fraction of sp³-hybridized carbons (Fsp3) is 0.263. The number of halogens is 1. The van der Waals surface area contributed by atoms with Gasteiger partial charge in [-0.2, -0.15) is 5.10 Å². The second kappa shape index (κ2) is 9.24. The molecule has 2 aromatic rings. The molecule has 0 fully saturated rings. The number of aromatic hydroxyl groups is 1. The van der Waals surface area contributed by atoms with E-state index in [2.05, 4.69) is 26.5 Å². The van der Waals surface area contributed by atoms with Crippen LogP contribution in [0.15, 0.2) is 39.9 Å². The Bertz CT molecular complexity index is 821. The molecule has 0 saturated carbocycles. The number of hydrogen-bond donors (Lipinski definition) is 2. The number of hydrogen-bond acceptors (Lipinski definition) is 5. The summed E-state index contributed by atoms with van der Waals surface area (Å²) in [5.41, 5.74) is 5.17. The molecule has 0 aliphatic rings. The van der Waals surface area contributed by atoms with Crippen LogP contribution >= 0.6 is 15.9 Å². The number of carbonyl (C=O) groups excluding carboxylic acids is 1. The molecular weight excluding hydrogens is 400 g/mol. The van der Waals surface area contributed by atoms with Crippen molar-refractivity contribution < 1.29 is 19.4 Å². The van der Waals surface area contributed by atoms with Crippen molar-refractivity contribution >= 4 is 28.1 Å². The zero-order chi connectivity index (χ0) is 19.1. The van der Waals surface area contributed by atoms with E-state index in [-0.39, 0.29) is 18.3 Å².